The molecule has 0 unspecified atom stereocenters. The van der Waals surface area contributed by atoms with Gasteiger partial charge in [0.05, 0.1) is 21.9 Å². The van der Waals surface area contributed by atoms with Crippen LogP contribution < -0.4 is 20.1 Å². The molecule has 0 aliphatic carbocycles. The first kappa shape index (κ1) is 30.7. The van der Waals surface area contributed by atoms with Gasteiger partial charge in [0.2, 0.25) is 12.7 Å². The molecule has 0 atom stereocenters. The van der Waals surface area contributed by atoms with Gasteiger partial charge in [-0.1, -0.05) is 53.5 Å². The molecule has 0 saturated carbocycles. The maximum Gasteiger partial charge on any atom is 0.255 e. The molecule has 1 aromatic heterocycles. The fraction of sp³-hybridized carbons (Fsp3) is 0.265. The maximum absolute atomic E-state index is 12.9. The van der Waals surface area contributed by atoms with E-state index in [0.717, 1.165) is 55.3 Å². The number of carbonyl (C=O) groups excluding carboxylic acids is 2. The number of fused-ring (bicyclic) bond motifs is 1. The van der Waals surface area contributed by atoms with E-state index in [1.165, 1.54) is 11.6 Å². The van der Waals surface area contributed by atoms with Gasteiger partial charge in [0, 0.05) is 51.3 Å². The minimum Gasteiger partial charge on any atom is -0.454 e. The number of hydrogen-bond acceptors (Lipinski definition) is 7. The van der Waals surface area contributed by atoms with Crippen LogP contribution in [0.3, 0.4) is 0 Å². The van der Waals surface area contributed by atoms with Crippen LogP contribution in [0, 0.1) is 0 Å². The van der Waals surface area contributed by atoms with E-state index in [1.54, 1.807) is 24.4 Å². The van der Waals surface area contributed by atoms with E-state index in [0.29, 0.717) is 46.5 Å². The molecule has 3 aromatic carbocycles. The van der Waals surface area contributed by atoms with E-state index in [9.17, 15) is 9.59 Å². The van der Waals surface area contributed by atoms with Crippen LogP contribution in [0.2, 0.25) is 10.0 Å². The van der Waals surface area contributed by atoms with Gasteiger partial charge >= 0.3 is 0 Å². The Kier molecular flexibility index (Phi) is 9.69. The Bertz CT molecular complexity index is 1660. The van der Waals surface area contributed by atoms with Gasteiger partial charge < -0.3 is 25.0 Å². The van der Waals surface area contributed by atoms with Crippen LogP contribution in [0.25, 0.3) is 0 Å². The number of ether oxygens (including phenoxy) is 2. The molecule has 0 spiro atoms. The number of nitrogens with zero attached hydrogens (tertiary/aromatic N) is 3. The third-order valence-electron chi connectivity index (χ3n) is 7.90. The van der Waals surface area contributed by atoms with Crippen molar-refractivity contribution in [1.82, 2.24) is 14.8 Å². The molecule has 9 nitrogen and oxygen atoms in total. The molecule has 11 heteroatoms. The molecule has 1 saturated heterocycles. The number of nitrogens with one attached hydrogen (secondary N) is 2. The fourth-order valence-electron chi connectivity index (χ4n) is 5.29. The molecule has 232 valence electrons. The molecule has 4 aromatic rings. The van der Waals surface area contributed by atoms with Crippen molar-refractivity contribution < 1.29 is 19.1 Å². The molecule has 0 radical (unpaired) electrons. The van der Waals surface area contributed by atoms with Gasteiger partial charge in [-0.25, -0.2) is 4.98 Å². The highest BCUT2D eigenvalue weighted by molar-refractivity contribution is 6.42. The SMILES string of the molecule is O=C(Nc1ccc(NCc2ccc(CCC(=O)N3CCN(Cc4ccc5c(c4)OCO5)CC3)cc2)nc1)c1ccc(Cl)c(Cl)c1. The normalized spacial score (nSPS) is 14.3. The zero-order valence-electron chi connectivity index (χ0n) is 24.6. The summed E-state index contributed by atoms with van der Waals surface area (Å²) in [5, 5.41) is 6.82. The van der Waals surface area contributed by atoms with Crippen LogP contribution in [0.5, 0.6) is 11.5 Å². The summed E-state index contributed by atoms with van der Waals surface area (Å²) in [6.45, 7) is 4.90. The second-order valence-electron chi connectivity index (χ2n) is 11.0. The highest BCUT2D eigenvalue weighted by Crippen LogP contribution is 2.33. The first-order valence-electron chi connectivity index (χ1n) is 14.8. The second-order valence-corrected chi connectivity index (χ2v) is 11.8. The summed E-state index contributed by atoms with van der Waals surface area (Å²) < 4.78 is 10.9. The first-order valence-corrected chi connectivity index (χ1v) is 15.6. The number of anilines is 2. The number of hydrogen-bond donors (Lipinski definition) is 2. The fourth-order valence-corrected chi connectivity index (χ4v) is 5.59. The Labute approximate surface area is 272 Å². The number of halogens is 2. The third-order valence-corrected chi connectivity index (χ3v) is 8.63. The minimum absolute atomic E-state index is 0.200. The van der Waals surface area contributed by atoms with E-state index in [-0.39, 0.29) is 18.6 Å². The van der Waals surface area contributed by atoms with E-state index in [2.05, 4.69) is 50.8 Å². The highest BCUT2D eigenvalue weighted by Gasteiger charge is 2.22. The summed E-state index contributed by atoms with van der Waals surface area (Å²) >= 11 is 11.9. The number of amides is 2. The van der Waals surface area contributed by atoms with Crippen molar-refractivity contribution >= 4 is 46.5 Å². The Morgan fingerprint density at radius 1 is 0.800 bits per heavy atom. The van der Waals surface area contributed by atoms with Crippen molar-refractivity contribution in [3.05, 3.63) is 111 Å². The molecule has 2 N–H and O–H groups in total. The van der Waals surface area contributed by atoms with Crippen LogP contribution >= 0.6 is 23.2 Å². The summed E-state index contributed by atoms with van der Waals surface area (Å²) in [5.41, 5.74) is 4.40. The minimum atomic E-state index is -0.297. The molecular formula is C34H33Cl2N5O4. The average molecular weight is 647 g/mol. The second kappa shape index (κ2) is 14.2. The maximum atomic E-state index is 12.9. The molecule has 2 amide bonds. The monoisotopic (exact) mass is 645 g/mol. The van der Waals surface area contributed by atoms with Gasteiger partial charge in [-0.05, 0) is 65.6 Å². The molecular weight excluding hydrogens is 613 g/mol. The summed E-state index contributed by atoms with van der Waals surface area (Å²) in [7, 11) is 0. The number of carbonyl (C=O) groups is 2. The number of aryl methyl sites for hydroxylation is 1. The van der Waals surface area contributed by atoms with Crippen molar-refractivity contribution in [2.45, 2.75) is 25.9 Å². The number of benzene rings is 3. The molecule has 1 fully saturated rings. The van der Waals surface area contributed by atoms with Crippen LogP contribution in [-0.2, 0) is 24.3 Å². The van der Waals surface area contributed by atoms with Crippen molar-refractivity contribution in [3.8, 4) is 11.5 Å². The Morgan fingerprint density at radius 2 is 1.56 bits per heavy atom. The predicted molar refractivity (Wildman–Crippen MR) is 175 cm³/mol. The van der Waals surface area contributed by atoms with Crippen molar-refractivity contribution in [2.24, 2.45) is 0 Å². The predicted octanol–water partition coefficient (Wildman–Crippen LogP) is 6.26. The molecule has 2 aliphatic rings. The van der Waals surface area contributed by atoms with Crippen LogP contribution in [0.1, 0.15) is 33.5 Å². The zero-order valence-corrected chi connectivity index (χ0v) is 26.1. The molecule has 6 rings (SSSR count). The van der Waals surface area contributed by atoms with E-state index < -0.39 is 0 Å². The van der Waals surface area contributed by atoms with Gasteiger partial charge in [-0.2, -0.15) is 0 Å². The number of aromatic nitrogens is 1. The largest absolute Gasteiger partial charge is 0.454 e. The molecule has 0 bridgehead atoms. The lowest BCUT2D eigenvalue weighted by Crippen LogP contribution is -2.48. The zero-order chi connectivity index (χ0) is 31.2. The van der Waals surface area contributed by atoms with Crippen LogP contribution in [0.4, 0.5) is 11.5 Å². The van der Waals surface area contributed by atoms with E-state index in [1.807, 2.05) is 23.1 Å². The van der Waals surface area contributed by atoms with Crippen molar-refractivity contribution in [2.75, 3.05) is 43.6 Å². The lowest BCUT2D eigenvalue weighted by atomic mass is 10.1. The van der Waals surface area contributed by atoms with Crippen LogP contribution in [0.15, 0.2) is 79.0 Å². The van der Waals surface area contributed by atoms with Gasteiger partial charge in [0.1, 0.15) is 5.82 Å². The van der Waals surface area contributed by atoms with Gasteiger partial charge in [0.25, 0.3) is 5.91 Å². The molecule has 3 heterocycles. The van der Waals surface area contributed by atoms with Crippen LogP contribution in [-0.4, -0.2) is 59.6 Å². The molecule has 2 aliphatic heterocycles. The standard InChI is InChI=1S/C34H33Cl2N5O4/c35-28-9-7-26(18-29(28)36)34(43)39-27-8-11-32(38-20-27)37-19-24-3-1-23(2-4-24)6-12-33(42)41-15-13-40(14-16-41)21-25-5-10-30-31(17-25)45-22-44-30/h1-5,7-11,17-18,20H,6,12-16,19,21-22H2,(H,37,38)(H,39,43). The van der Waals surface area contributed by atoms with Crippen molar-refractivity contribution in [3.63, 3.8) is 0 Å². The smallest absolute Gasteiger partial charge is 0.255 e. The van der Waals surface area contributed by atoms with E-state index >= 15 is 0 Å². The Morgan fingerprint density at radius 3 is 2.31 bits per heavy atom. The number of rotatable bonds is 10. The van der Waals surface area contributed by atoms with Gasteiger partial charge in [-0.15, -0.1) is 0 Å². The van der Waals surface area contributed by atoms with Gasteiger partial charge in [0.15, 0.2) is 11.5 Å². The Hall–Kier alpha value is -4.31. The summed E-state index contributed by atoms with van der Waals surface area (Å²) in [6.07, 6.45) is 2.80. The quantitative estimate of drug-likeness (QED) is 0.210. The Balaban J connectivity index is 0.900. The number of piperazine rings is 1. The summed E-state index contributed by atoms with van der Waals surface area (Å²) in [6, 6.07) is 22.7. The van der Waals surface area contributed by atoms with Crippen molar-refractivity contribution in [1.29, 1.82) is 0 Å². The number of pyridine rings is 1. The molecule has 45 heavy (non-hydrogen) atoms. The van der Waals surface area contributed by atoms with Gasteiger partial charge in [-0.3, -0.25) is 14.5 Å². The van der Waals surface area contributed by atoms with E-state index in [4.69, 9.17) is 32.7 Å². The summed E-state index contributed by atoms with van der Waals surface area (Å²) in [4.78, 5) is 34.1. The highest BCUT2D eigenvalue weighted by atomic mass is 35.5. The average Bonchev–Trinajstić information content (AvgIpc) is 3.53. The topological polar surface area (TPSA) is 96.0 Å². The summed E-state index contributed by atoms with van der Waals surface area (Å²) in [5.74, 6) is 2.19. The lowest BCUT2D eigenvalue weighted by molar-refractivity contribution is -0.133. The first-order chi connectivity index (χ1) is 21.9. The third kappa shape index (κ3) is 8.05. The lowest BCUT2D eigenvalue weighted by Gasteiger charge is -2.35.